The van der Waals surface area contributed by atoms with Crippen molar-refractivity contribution in [2.45, 2.75) is 45.7 Å². The minimum atomic E-state index is 0.107. The first-order valence-corrected chi connectivity index (χ1v) is 7.88. The maximum Gasteiger partial charge on any atom is 0.253 e. The van der Waals surface area contributed by atoms with Gasteiger partial charge in [0.05, 0.1) is 6.61 Å². The normalized spacial score (nSPS) is 22.1. The van der Waals surface area contributed by atoms with Crippen LogP contribution in [0.15, 0.2) is 24.3 Å². The Labute approximate surface area is 127 Å². The summed E-state index contributed by atoms with van der Waals surface area (Å²) in [6.07, 6.45) is 2.17. The third kappa shape index (κ3) is 4.46. The van der Waals surface area contributed by atoms with E-state index in [0.717, 1.165) is 43.9 Å². The Kier molecular flexibility index (Phi) is 5.62. The molecule has 2 rings (SSSR count). The van der Waals surface area contributed by atoms with Crippen molar-refractivity contribution in [1.82, 2.24) is 10.2 Å². The molecule has 116 valence electrons. The highest BCUT2D eigenvalue weighted by Crippen LogP contribution is 2.16. The summed E-state index contributed by atoms with van der Waals surface area (Å²) in [4.78, 5) is 14.4. The number of hydrogen-bond donors (Lipinski definition) is 1. The fourth-order valence-electron chi connectivity index (χ4n) is 2.70. The van der Waals surface area contributed by atoms with Gasteiger partial charge in [-0.15, -0.1) is 0 Å². The second-order valence-electron chi connectivity index (χ2n) is 5.91. The third-order valence-electron chi connectivity index (χ3n) is 3.71. The van der Waals surface area contributed by atoms with Crippen molar-refractivity contribution in [1.29, 1.82) is 0 Å². The Bertz CT molecular complexity index is 448. The molecular weight excluding hydrogens is 264 g/mol. The van der Waals surface area contributed by atoms with Crippen LogP contribution in [-0.4, -0.2) is 42.6 Å². The first-order chi connectivity index (χ1) is 10.1. The summed E-state index contributed by atoms with van der Waals surface area (Å²) in [5.74, 6) is 0.942. The van der Waals surface area contributed by atoms with Crippen molar-refractivity contribution in [3.8, 4) is 5.75 Å². The number of amides is 1. The fraction of sp³-hybridized carbons (Fsp3) is 0.588. The van der Waals surface area contributed by atoms with Crippen LogP contribution in [-0.2, 0) is 0 Å². The number of carbonyl (C=O) groups excluding carboxylic acids is 1. The number of benzene rings is 1. The van der Waals surface area contributed by atoms with E-state index < -0.39 is 0 Å². The van der Waals surface area contributed by atoms with E-state index in [-0.39, 0.29) is 5.91 Å². The maximum atomic E-state index is 12.5. The molecular formula is C17H26N2O2. The van der Waals surface area contributed by atoms with Crippen molar-refractivity contribution >= 4 is 5.91 Å². The molecule has 21 heavy (non-hydrogen) atoms. The van der Waals surface area contributed by atoms with Crippen molar-refractivity contribution < 1.29 is 9.53 Å². The van der Waals surface area contributed by atoms with Gasteiger partial charge in [-0.1, -0.05) is 13.3 Å². The molecule has 1 saturated heterocycles. The Balaban J connectivity index is 1.96. The molecule has 2 unspecified atom stereocenters. The van der Waals surface area contributed by atoms with Gasteiger partial charge in [0, 0.05) is 30.7 Å². The predicted molar refractivity (Wildman–Crippen MR) is 84.8 cm³/mol. The first kappa shape index (κ1) is 15.8. The van der Waals surface area contributed by atoms with Crippen molar-refractivity contribution in [3.05, 3.63) is 29.8 Å². The van der Waals surface area contributed by atoms with E-state index in [9.17, 15) is 4.79 Å². The molecule has 1 aliphatic heterocycles. The molecule has 4 heteroatoms. The Morgan fingerprint density at radius 1 is 1.24 bits per heavy atom. The number of piperazine rings is 1. The van der Waals surface area contributed by atoms with Crippen LogP contribution in [0.2, 0.25) is 0 Å². The standard InChI is InChI=1S/C17H26N2O2/c1-4-5-10-21-16-8-6-15(7-9-16)17(20)19-11-13(2)18-14(3)12-19/h6-9,13-14,18H,4-5,10-12H2,1-3H3. The van der Waals surface area contributed by atoms with E-state index in [1.165, 1.54) is 0 Å². The second-order valence-corrected chi connectivity index (χ2v) is 5.91. The molecule has 1 amide bonds. The zero-order valence-corrected chi connectivity index (χ0v) is 13.3. The lowest BCUT2D eigenvalue weighted by Crippen LogP contribution is -2.55. The van der Waals surface area contributed by atoms with Crippen LogP contribution in [0.3, 0.4) is 0 Å². The van der Waals surface area contributed by atoms with Crippen LogP contribution in [0.1, 0.15) is 44.0 Å². The summed E-state index contributed by atoms with van der Waals surface area (Å²) in [5.41, 5.74) is 0.735. The average molecular weight is 290 g/mol. The number of hydrogen-bond acceptors (Lipinski definition) is 3. The molecule has 0 aromatic heterocycles. The van der Waals surface area contributed by atoms with Gasteiger partial charge in [-0.05, 0) is 44.5 Å². The van der Waals surface area contributed by atoms with Crippen molar-refractivity contribution in [2.24, 2.45) is 0 Å². The predicted octanol–water partition coefficient (Wildman–Crippen LogP) is 2.69. The molecule has 1 fully saturated rings. The monoisotopic (exact) mass is 290 g/mol. The number of ether oxygens (including phenoxy) is 1. The van der Waals surface area contributed by atoms with E-state index >= 15 is 0 Å². The van der Waals surface area contributed by atoms with Crippen LogP contribution in [0.4, 0.5) is 0 Å². The molecule has 0 saturated carbocycles. The minimum Gasteiger partial charge on any atom is -0.494 e. The molecule has 1 aromatic carbocycles. The summed E-state index contributed by atoms with van der Waals surface area (Å²) in [6.45, 7) is 8.62. The fourth-order valence-corrected chi connectivity index (χ4v) is 2.70. The summed E-state index contributed by atoms with van der Waals surface area (Å²) >= 11 is 0. The SMILES string of the molecule is CCCCOc1ccc(C(=O)N2CC(C)NC(C)C2)cc1. The van der Waals surface area contributed by atoms with Gasteiger partial charge in [-0.3, -0.25) is 4.79 Å². The van der Waals surface area contributed by atoms with Gasteiger partial charge >= 0.3 is 0 Å². The largest absolute Gasteiger partial charge is 0.494 e. The zero-order valence-electron chi connectivity index (χ0n) is 13.3. The van der Waals surface area contributed by atoms with E-state index in [4.69, 9.17) is 4.74 Å². The maximum absolute atomic E-state index is 12.5. The highest BCUT2D eigenvalue weighted by molar-refractivity contribution is 5.94. The van der Waals surface area contributed by atoms with Gasteiger partial charge in [0.15, 0.2) is 0 Å². The molecule has 0 bridgehead atoms. The van der Waals surface area contributed by atoms with Crippen LogP contribution < -0.4 is 10.1 Å². The summed E-state index contributed by atoms with van der Waals surface area (Å²) in [5, 5.41) is 3.44. The van der Waals surface area contributed by atoms with Crippen LogP contribution in [0.25, 0.3) is 0 Å². The van der Waals surface area contributed by atoms with Gasteiger partial charge in [0.2, 0.25) is 0 Å². The number of carbonyl (C=O) groups is 1. The molecule has 0 spiro atoms. The van der Waals surface area contributed by atoms with Crippen molar-refractivity contribution in [2.75, 3.05) is 19.7 Å². The van der Waals surface area contributed by atoms with E-state index in [0.29, 0.717) is 12.1 Å². The van der Waals surface area contributed by atoms with Gasteiger partial charge in [0.1, 0.15) is 5.75 Å². The lowest BCUT2D eigenvalue weighted by Gasteiger charge is -2.36. The zero-order chi connectivity index (χ0) is 15.2. The second kappa shape index (κ2) is 7.46. The molecule has 0 aliphatic carbocycles. The Morgan fingerprint density at radius 2 is 1.86 bits per heavy atom. The molecule has 0 radical (unpaired) electrons. The van der Waals surface area contributed by atoms with Gasteiger partial charge < -0.3 is 15.0 Å². The molecule has 4 nitrogen and oxygen atoms in total. The topological polar surface area (TPSA) is 41.6 Å². The molecule has 1 aromatic rings. The molecule has 2 atom stereocenters. The third-order valence-corrected chi connectivity index (χ3v) is 3.71. The van der Waals surface area contributed by atoms with Crippen LogP contribution in [0, 0.1) is 0 Å². The lowest BCUT2D eigenvalue weighted by molar-refractivity contribution is 0.0674. The number of unbranched alkanes of at least 4 members (excludes halogenated alkanes) is 1. The average Bonchev–Trinajstić information content (AvgIpc) is 2.46. The summed E-state index contributed by atoms with van der Waals surface area (Å²) < 4.78 is 5.63. The Hall–Kier alpha value is -1.55. The lowest BCUT2D eigenvalue weighted by atomic mass is 10.1. The van der Waals surface area contributed by atoms with Gasteiger partial charge in [0.25, 0.3) is 5.91 Å². The number of rotatable bonds is 5. The summed E-state index contributed by atoms with van der Waals surface area (Å²) in [7, 11) is 0. The molecule has 1 heterocycles. The smallest absolute Gasteiger partial charge is 0.253 e. The quantitative estimate of drug-likeness (QED) is 0.848. The number of nitrogens with one attached hydrogen (secondary N) is 1. The van der Waals surface area contributed by atoms with Crippen LogP contribution >= 0.6 is 0 Å². The van der Waals surface area contributed by atoms with E-state index in [1.54, 1.807) is 0 Å². The molecule has 1 N–H and O–H groups in total. The highest BCUT2D eigenvalue weighted by Gasteiger charge is 2.25. The summed E-state index contributed by atoms with van der Waals surface area (Å²) in [6, 6.07) is 8.18. The van der Waals surface area contributed by atoms with Crippen LogP contribution in [0.5, 0.6) is 5.75 Å². The first-order valence-electron chi connectivity index (χ1n) is 7.88. The molecule has 1 aliphatic rings. The van der Waals surface area contributed by atoms with Gasteiger partial charge in [-0.2, -0.15) is 0 Å². The number of nitrogens with zero attached hydrogens (tertiary/aromatic N) is 1. The van der Waals surface area contributed by atoms with E-state index in [2.05, 4.69) is 26.1 Å². The Morgan fingerprint density at radius 3 is 2.43 bits per heavy atom. The van der Waals surface area contributed by atoms with Gasteiger partial charge in [-0.25, -0.2) is 0 Å². The van der Waals surface area contributed by atoms with E-state index in [1.807, 2.05) is 29.2 Å². The minimum absolute atomic E-state index is 0.107. The highest BCUT2D eigenvalue weighted by atomic mass is 16.5. The van der Waals surface area contributed by atoms with Crippen molar-refractivity contribution in [3.63, 3.8) is 0 Å².